The molecule has 32 heavy (non-hydrogen) atoms. The van der Waals surface area contributed by atoms with Crippen molar-refractivity contribution in [3.8, 4) is 5.75 Å². The lowest BCUT2D eigenvalue weighted by Crippen LogP contribution is -2.39. The van der Waals surface area contributed by atoms with Crippen molar-refractivity contribution in [1.82, 2.24) is 10.2 Å². The lowest BCUT2D eigenvalue weighted by Gasteiger charge is -2.17. The van der Waals surface area contributed by atoms with Crippen molar-refractivity contribution in [3.05, 3.63) is 70.6 Å². The molecule has 168 valence electrons. The molecule has 0 unspecified atom stereocenters. The van der Waals surface area contributed by atoms with E-state index in [1.54, 1.807) is 13.2 Å². The van der Waals surface area contributed by atoms with Gasteiger partial charge in [0.25, 0.3) is 5.91 Å². The molecule has 1 atom stereocenters. The van der Waals surface area contributed by atoms with E-state index < -0.39 is 0 Å². The Morgan fingerprint density at radius 1 is 1.22 bits per heavy atom. The van der Waals surface area contributed by atoms with Gasteiger partial charge >= 0.3 is 0 Å². The van der Waals surface area contributed by atoms with E-state index in [9.17, 15) is 14.7 Å². The van der Waals surface area contributed by atoms with Crippen LogP contribution in [0.5, 0.6) is 5.75 Å². The molecule has 3 rings (SSSR count). The number of methoxy groups -OCH3 is 1. The van der Waals surface area contributed by atoms with E-state index in [1.807, 2.05) is 54.6 Å². The van der Waals surface area contributed by atoms with Gasteiger partial charge in [-0.05, 0) is 42.2 Å². The van der Waals surface area contributed by atoms with E-state index in [2.05, 4.69) is 5.32 Å². The Morgan fingerprint density at radius 3 is 2.59 bits per heavy atom. The number of nitrogens with one attached hydrogen (secondary N) is 1. The number of carbonyl (C=O) groups is 2. The molecule has 1 aliphatic heterocycles. The van der Waals surface area contributed by atoms with Crippen molar-refractivity contribution in [2.45, 2.75) is 25.3 Å². The van der Waals surface area contributed by atoms with Gasteiger partial charge < -0.3 is 15.2 Å². The van der Waals surface area contributed by atoms with E-state index in [0.29, 0.717) is 28.6 Å². The highest BCUT2D eigenvalue weighted by atomic mass is 32.2. The fraction of sp³-hybridized carbons (Fsp3) is 0.292. The fourth-order valence-electron chi connectivity index (χ4n) is 3.30. The zero-order chi connectivity index (χ0) is 22.9. The van der Waals surface area contributed by atoms with Gasteiger partial charge in [-0.15, -0.1) is 0 Å². The standard InChI is InChI=1S/C24H26N2O4S2/c1-30-20-11-9-18(10-12-20)15-21-23(29)26(24(31)32-21)13-5-8-22(28)25-19(16-27)14-17-6-3-2-4-7-17/h2-4,6-7,9-12,15,19,27H,5,8,13-14,16H2,1H3,(H,25,28)/b21-15-/t19-/m0/s1. The number of carbonyl (C=O) groups excluding carboxylic acids is 2. The van der Waals surface area contributed by atoms with E-state index in [4.69, 9.17) is 17.0 Å². The molecule has 1 aliphatic rings. The third-order valence-electron chi connectivity index (χ3n) is 4.98. The molecule has 2 aromatic rings. The number of ether oxygens (including phenoxy) is 1. The number of benzene rings is 2. The van der Waals surface area contributed by atoms with E-state index in [0.717, 1.165) is 16.9 Å². The highest BCUT2D eigenvalue weighted by molar-refractivity contribution is 8.26. The summed E-state index contributed by atoms with van der Waals surface area (Å²) < 4.78 is 5.64. The van der Waals surface area contributed by atoms with Crippen LogP contribution in [0.15, 0.2) is 59.5 Å². The predicted molar refractivity (Wildman–Crippen MR) is 131 cm³/mol. The monoisotopic (exact) mass is 470 g/mol. The summed E-state index contributed by atoms with van der Waals surface area (Å²) in [5.74, 6) is 0.452. The van der Waals surface area contributed by atoms with Crippen molar-refractivity contribution < 1.29 is 19.4 Å². The highest BCUT2D eigenvalue weighted by Crippen LogP contribution is 2.32. The van der Waals surface area contributed by atoms with E-state index >= 15 is 0 Å². The SMILES string of the molecule is COc1ccc(/C=C2\SC(=S)N(CCCC(=O)N[C@H](CO)Cc3ccccc3)C2=O)cc1. The van der Waals surface area contributed by atoms with Gasteiger partial charge in [-0.2, -0.15) is 0 Å². The maximum Gasteiger partial charge on any atom is 0.266 e. The molecule has 0 radical (unpaired) electrons. The molecule has 0 saturated carbocycles. The first-order valence-electron chi connectivity index (χ1n) is 10.3. The number of nitrogens with zero attached hydrogens (tertiary/aromatic N) is 1. The van der Waals surface area contributed by atoms with Crippen LogP contribution in [-0.4, -0.2) is 52.4 Å². The number of amides is 2. The summed E-state index contributed by atoms with van der Waals surface area (Å²) in [5, 5.41) is 12.4. The van der Waals surface area contributed by atoms with Gasteiger partial charge in [0.2, 0.25) is 5.91 Å². The summed E-state index contributed by atoms with van der Waals surface area (Å²) in [6, 6.07) is 16.8. The van der Waals surface area contributed by atoms with Crippen LogP contribution < -0.4 is 10.1 Å². The molecule has 2 aromatic carbocycles. The minimum atomic E-state index is -0.339. The second kappa shape index (κ2) is 11.8. The number of thiocarbonyl (C=S) groups is 1. The first-order chi connectivity index (χ1) is 15.5. The topological polar surface area (TPSA) is 78.9 Å². The maximum atomic E-state index is 12.7. The third-order valence-corrected chi connectivity index (χ3v) is 6.36. The van der Waals surface area contributed by atoms with Gasteiger partial charge in [0, 0.05) is 13.0 Å². The summed E-state index contributed by atoms with van der Waals surface area (Å²) in [4.78, 5) is 27.1. The van der Waals surface area contributed by atoms with Crippen LogP contribution in [0.3, 0.4) is 0 Å². The Labute approximate surface area is 197 Å². The van der Waals surface area contributed by atoms with Gasteiger partial charge in [-0.1, -0.05) is 66.4 Å². The van der Waals surface area contributed by atoms with Crippen LogP contribution in [0.1, 0.15) is 24.0 Å². The van der Waals surface area contributed by atoms with Gasteiger partial charge in [0.15, 0.2) is 0 Å². The number of rotatable bonds is 10. The van der Waals surface area contributed by atoms with Gasteiger partial charge in [0.1, 0.15) is 10.1 Å². The van der Waals surface area contributed by atoms with Crippen LogP contribution >= 0.6 is 24.0 Å². The van der Waals surface area contributed by atoms with Crippen molar-refractivity contribution >= 4 is 46.2 Å². The maximum absolute atomic E-state index is 12.7. The summed E-state index contributed by atoms with van der Waals surface area (Å²) >= 11 is 6.63. The smallest absolute Gasteiger partial charge is 0.266 e. The van der Waals surface area contributed by atoms with Gasteiger partial charge in [0.05, 0.1) is 24.7 Å². The van der Waals surface area contributed by atoms with Crippen LogP contribution in [0.2, 0.25) is 0 Å². The number of hydrogen-bond acceptors (Lipinski definition) is 6. The number of aliphatic hydroxyl groups excluding tert-OH is 1. The molecule has 0 spiro atoms. The summed E-state index contributed by atoms with van der Waals surface area (Å²) in [6.45, 7) is 0.242. The Bertz CT molecular complexity index is 977. The molecule has 1 heterocycles. The number of aliphatic hydroxyl groups is 1. The van der Waals surface area contributed by atoms with Crippen LogP contribution in [0, 0.1) is 0 Å². The molecule has 8 heteroatoms. The Hall–Kier alpha value is -2.68. The number of thioether (sulfide) groups is 1. The highest BCUT2D eigenvalue weighted by Gasteiger charge is 2.31. The molecule has 1 saturated heterocycles. The second-order valence-electron chi connectivity index (χ2n) is 7.35. The zero-order valence-electron chi connectivity index (χ0n) is 17.8. The average molecular weight is 471 g/mol. The molecular formula is C24H26N2O4S2. The third kappa shape index (κ3) is 6.66. The van der Waals surface area contributed by atoms with Crippen LogP contribution in [0.4, 0.5) is 0 Å². The molecule has 2 N–H and O–H groups in total. The van der Waals surface area contributed by atoms with Crippen molar-refractivity contribution in [1.29, 1.82) is 0 Å². The Morgan fingerprint density at radius 2 is 1.94 bits per heavy atom. The van der Waals surface area contributed by atoms with Crippen LogP contribution in [-0.2, 0) is 16.0 Å². The van der Waals surface area contributed by atoms with Gasteiger partial charge in [-0.25, -0.2) is 0 Å². The Balaban J connectivity index is 1.48. The van der Waals surface area contributed by atoms with E-state index in [1.165, 1.54) is 16.7 Å². The van der Waals surface area contributed by atoms with Crippen molar-refractivity contribution in [3.63, 3.8) is 0 Å². The number of hydrogen-bond donors (Lipinski definition) is 2. The first-order valence-corrected chi connectivity index (χ1v) is 11.6. The Kier molecular flexibility index (Phi) is 8.84. The minimum Gasteiger partial charge on any atom is -0.497 e. The normalized spacial score (nSPS) is 15.8. The zero-order valence-corrected chi connectivity index (χ0v) is 19.5. The quantitative estimate of drug-likeness (QED) is 0.409. The summed E-state index contributed by atoms with van der Waals surface area (Å²) in [7, 11) is 1.60. The summed E-state index contributed by atoms with van der Waals surface area (Å²) in [6.07, 6.45) is 3.10. The van der Waals surface area contributed by atoms with Crippen LogP contribution in [0.25, 0.3) is 6.08 Å². The van der Waals surface area contributed by atoms with Gasteiger partial charge in [-0.3, -0.25) is 14.5 Å². The van der Waals surface area contributed by atoms with Crippen molar-refractivity contribution in [2.24, 2.45) is 0 Å². The van der Waals surface area contributed by atoms with E-state index in [-0.39, 0.29) is 30.9 Å². The molecular weight excluding hydrogens is 444 g/mol. The first kappa shape index (κ1) is 24.0. The molecule has 0 aliphatic carbocycles. The molecule has 1 fully saturated rings. The lowest BCUT2D eigenvalue weighted by molar-refractivity contribution is -0.124. The predicted octanol–water partition coefficient (Wildman–Crippen LogP) is 3.40. The molecule has 0 aromatic heterocycles. The second-order valence-corrected chi connectivity index (χ2v) is 9.02. The fourth-order valence-corrected chi connectivity index (χ4v) is 4.61. The average Bonchev–Trinajstić information content (AvgIpc) is 3.07. The minimum absolute atomic E-state index is 0.133. The lowest BCUT2D eigenvalue weighted by atomic mass is 10.1. The van der Waals surface area contributed by atoms with Crippen molar-refractivity contribution in [2.75, 3.05) is 20.3 Å². The molecule has 2 amide bonds. The summed E-state index contributed by atoms with van der Waals surface area (Å²) in [5.41, 5.74) is 1.94. The molecule has 0 bridgehead atoms. The largest absolute Gasteiger partial charge is 0.497 e. The molecule has 6 nitrogen and oxygen atoms in total.